The third kappa shape index (κ3) is 2.70. The second kappa shape index (κ2) is 4.80. The van der Waals surface area contributed by atoms with Crippen LogP contribution in [0.3, 0.4) is 0 Å². The largest absolute Gasteiger partial charge is 0.296 e. The van der Waals surface area contributed by atoms with Crippen LogP contribution in [-0.4, -0.2) is 7.57 Å². The van der Waals surface area contributed by atoms with E-state index >= 15 is 0 Å². The number of hydrogen-bond donors (Lipinski definition) is 0. The molecule has 1 saturated heterocycles. The van der Waals surface area contributed by atoms with Crippen molar-refractivity contribution in [3.63, 3.8) is 0 Å². The standard InChI is InChI=1S/C6H6BO3P3/c7-13-9-11-8-12(10-13)6-4-2-1-3-5-6/h1-5,11H. The molecule has 3 nitrogen and oxygen atoms in total. The molecule has 0 aliphatic carbocycles. The van der Waals surface area contributed by atoms with Gasteiger partial charge in [0.25, 0.3) is 0 Å². The van der Waals surface area contributed by atoms with Crippen molar-refractivity contribution >= 4 is 38.5 Å². The van der Waals surface area contributed by atoms with E-state index in [4.69, 9.17) is 20.5 Å². The molecule has 1 aromatic rings. The molecule has 0 bridgehead atoms. The summed E-state index contributed by atoms with van der Waals surface area (Å²) in [4.78, 5) is 0. The minimum absolute atomic E-state index is 0.00452. The predicted molar refractivity (Wildman–Crippen MR) is 57.2 cm³/mol. The van der Waals surface area contributed by atoms with Crippen molar-refractivity contribution in [1.82, 2.24) is 0 Å². The van der Waals surface area contributed by atoms with Gasteiger partial charge < -0.3 is 0 Å². The average molecular weight is 230 g/mol. The highest BCUT2D eigenvalue weighted by Gasteiger charge is 2.23. The summed E-state index contributed by atoms with van der Waals surface area (Å²) in [5.41, 5.74) is 0. The van der Waals surface area contributed by atoms with E-state index in [1.165, 1.54) is 0 Å². The van der Waals surface area contributed by atoms with Gasteiger partial charge in [-0.05, 0) is 12.1 Å². The molecule has 0 spiro atoms. The summed E-state index contributed by atoms with van der Waals surface area (Å²) < 4.78 is 15.6. The van der Waals surface area contributed by atoms with Crippen molar-refractivity contribution in [2.75, 3.05) is 0 Å². The Morgan fingerprint density at radius 2 is 1.92 bits per heavy atom. The van der Waals surface area contributed by atoms with Gasteiger partial charge in [0.1, 0.15) is 8.25 Å². The summed E-state index contributed by atoms with van der Waals surface area (Å²) in [6.07, 6.45) is 0. The molecule has 0 aromatic heterocycles. The zero-order chi connectivity index (χ0) is 9.10. The summed E-state index contributed by atoms with van der Waals surface area (Å²) in [5.74, 6) is 0. The van der Waals surface area contributed by atoms with Crippen LogP contribution in [0.1, 0.15) is 0 Å². The molecule has 1 fully saturated rings. The summed E-state index contributed by atoms with van der Waals surface area (Å²) in [7, 11) is 3.27. The van der Waals surface area contributed by atoms with Gasteiger partial charge in [-0.1, -0.05) is 18.2 Å². The predicted octanol–water partition coefficient (Wildman–Crippen LogP) is 2.59. The van der Waals surface area contributed by atoms with Gasteiger partial charge in [-0.2, -0.15) is 0 Å². The minimum Gasteiger partial charge on any atom is -0.296 e. The Bertz CT molecular complexity index is 273. The highest BCUT2D eigenvalue weighted by Crippen LogP contribution is 2.62. The Balaban J connectivity index is 2.08. The molecule has 2 radical (unpaired) electrons. The molecule has 1 aliphatic heterocycles. The molecule has 1 aliphatic rings. The van der Waals surface area contributed by atoms with Gasteiger partial charge in [0, 0.05) is 5.30 Å². The van der Waals surface area contributed by atoms with Crippen molar-refractivity contribution in [1.29, 1.82) is 0 Å². The molecule has 0 saturated carbocycles. The molecule has 7 heteroatoms. The molecular formula is C6H6BO3P3. The highest BCUT2D eigenvalue weighted by atomic mass is 31.3. The van der Waals surface area contributed by atoms with Crippen molar-refractivity contribution in [2.45, 2.75) is 0 Å². The third-order valence-electron chi connectivity index (χ3n) is 1.37. The lowest BCUT2D eigenvalue weighted by Crippen LogP contribution is -2.03. The molecule has 3 unspecified atom stereocenters. The number of rotatable bonds is 1. The van der Waals surface area contributed by atoms with E-state index in [2.05, 4.69) is 0 Å². The van der Waals surface area contributed by atoms with Crippen molar-refractivity contribution in [3.05, 3.63) is 30.3 Å². The topological polar surface area (TPSA) is 27.7 Å². The smallest absolute Gasteiger partial charge is 0.215 e. The zero-order valence-corrected chi connectivity index (χ0v) is 9.37. The third-order valence-corrected chi connectivity index (χ3v) is 5.31. The Labute approximate surface area is 82.3 Å². The molecule has 0 amide bonds. The summed E-state index contributed by atoms with van der Waals surface area (Å²) >= 11 is 0. The van der Waals surface area contributed by atoms with Crippen LogP contribution in [0, 0.1) is 0 Å². The minimum atomic E-state index is -1.24. The van der Waals surface area contributed by atoms with E-state index < -0.39 is 16.6 Å². The van der Waals surface area contributed by atoms with Crippen LogP contribution in [0.2, 0.25) is 0 Å². The quantitative estimate of drug-likeness (QED) is 0.548. The molecule has 2 rings (SSSR count). The van der Waals surface area contributed by atoms with Crippen LogP contribution in [0.5, 0.6) is 0 Å². The van der Waals surface area contributed by atoms with E-state index in [-0.39, 0.29) is 9.03 Å². The summed E-state index contributed by atoms with van der Waals surface area (Å²) in [6, 6.07) is 9.77. The zero-order valence-electron chi connectivity index (χ0n) is 6.58. The fourth-order valence-electron chi connectivity index (χ4n) is 0.843. The maximum Gasteiger partial charge on any atom is 0.215 e. The molecule has 66 valence electrons. The van der Waals surface area contributed by atoms with E-state index in [1.54, 1.807) is 0 Å². The van der Waals surface area contributed by atoms with Gasteiger partial charge in [-0.15, -0.1) is 0 Å². The lowest BCUT2D eigenvalue weighted by molar-refractivity contribution is 0.451. The van der Waals surface area contributed by atoms with Gasteiger partial charge >= 0.3 is 0 Å². The average Bonchev–Trinajstić information content (AvgIpc) is 2.19. The maximum absolute atomic E-state index is 5.53. The number of hydrogen-bond acceptors (Lipinski definition) is 3. The van der Waals surface area contributed by atoms with Gasteiger partial charge in [0.2, 0.25) is 8.38 Å². The molecule has 1 aromatic carbocycles. The van der Waals surface area contributed by atoms with E-state index in [1.807, 2.05) is 30.3 Å². The SMILES string of the molecule is [B]P1OPOP(c2ccccc2)O1. The Kier molecular flexibility index (Phi) is 3.69. The van der Waals surface area contributed by atoms with Gasteiger partial charge in [-0.25, -0.2) is 0 Å². The number of benzene rings is 1. The van der Waals surface area contributed by atoms with E-state index in [0.717, 1.165) is 5.30 Å². The summed E-state index contributed by atoms with van der Waals surface area (Å²) in [5, 5.41) is 1.03. The van der Waals surface area contributed by atoms with Gasteiger partial charge in [0.15, 0.2) is 16.6 Å². The van der Waals surface area contributed by atoms with Gasteiger partial charge in [0.05, 0.1) is 0 Å². The van der Waals surface area contributed by atoms with E-state index in [9.17, 15) is 0 Å². The molecule has 0 N–H and O–H groups in total. The fourth-order valence-corrected chi connectivity index (χ4v) is 4.51. The van der Waals surface area contributed by atoms with Crippen LogP contribution in [-0.2, 0) is 12.9 Å². The second-order valence-electron chi connectivity index (χ2n) is 2.23. The monoisotopic (exact) mass is 230 g/mol. The fraction of sp³-hybridized carbons (Fsp3) is 0. The first-order valence-corrected chi connectivity index (χ1v) is 6.77. The van der Waals surface area contributed by atoms with Crippen molar-refractivity contribution in [3.8, 4) is 0 Å². The lowest BCUT2D eigenvalue weighted by Gasteiger charge is -2.26. The Morgan fingerprint density at radius 3 is 2.62 bits per heavy atom. The van der Waals surface area contributed by atoms with Crippen LogP contribution in [0.4, 0.5) is 0 Å². The maximum atomic E-state index is 5.53. The molecular weight excluding hydrogens is 224 g/mol. The second-order valence-corrected chi connectivity index (χ2v) is 6.11. The van der Waals surface area contributed by atoms with Crippen molar-refractivity contribution in [2.24, 2.45) is 0 Å². The lowest BCUT2D eigenvalue weighted by atomic mass is 10.4. The first kappa shape index (κ1) is 9.99. The molecule has 3 atom stereocenters. The Hall–Kier alpha value is 0.455. The van der Waals surface area contributed by atoms with E-state index in [0.29, 0.717) is 0 Å². The van der Waals surface area contributed by atoms with Crippen molar-refractivity contribution < 1.29 is 12.9 Å². The van der Waals surface area contributed by atoms with Crippen LogP contribution in [0.25, 0.3) is 0 Å². The first-order valence-electron chi connectivity index (χ1n) is 3.53. The molecule has 1 heterocycles. The summed E-state index contributed by atoms with van der Waals surface area (Å²) in [6.45, 7) is 0. The highest BCUT2D eigenvalue weighted by molar-refractivity contribution is 7.84. The van der Waals surface area contributed by atoms with Crippen LogP contribution < -0.4 is 5.30 Å². The van der Waals surface area contributed by atoms with Crippen LogP contribution in [0.15, 0.2) is 30.3 Å². The normalized spacial score (nSPS) is 30.5. The molecule has 13 heavy (non-hydrogen) atoms. The first-order chi connectivity index (χ1) is 6.36. The van der Waals surface area contributed by atoms with Gasteiger partial charge in [-0.3, -0.25) is 12.9 Å². The Morgan fingerprint density at radius 1 is 1.15 bits per heavy atom. The van der Waals surface area contributed by atoms with Crippen LogP contribution >= 0.6 is 25.7 Å².